The summed E-state index contributed by atoms with van der Waals surface area (Å²) in [7, 11) is 0. The Labute approximate surface area is 89.3 Å². The van der Waals surface area contributed by atoms with Gasteiger partial charge in [-0.15, -0.1) is 0 Å². The molecule has 1 heterocycles. The van der Waals surface area contributed by atoms with Crippen molar-refractivity contribution < 1.29 is 25.2 Å². The van der Waals surface area contributed by atoms with Gasteiger partial charge in [-0.25, -0.2) is 0 Å². The van der Waals surface area contributed by atoms with Crippen LogP contribution in [-0.2, 0) is 4.74 Å². The number of aliphatic hydroxyl groups excluding tert-OH is 2. The average Bonchev–Trinajstić information content (AvgIpc) is 2.70. The molecule has 0 aliphatic carbocycles. The highest BCUT2D eigenvalue weighted by molar-refractivity contribution is 5.06. The molecule has 1 rings (SSSR count). The molecular formula is C10H20O5. The van der Waals surface area contributed by atoms with Crippen molar-refractivity contribution in [2.45, 2.75) is 44.2 Å². The van der Waals surface area contributed by atoms with Crippen molar-refractivity contribution in [3.05, 3.63) is 0 Å². The third kappa shape index (κ3) is 2.32. The largest absolute Gasteiger partial charge is 0.396 e. The molecular weight excluding hydrogens is 200 g/mol. The van der Waals surface area contributed by atoms with Gasteiger partial charge < -0.3 is 25.2 Å². The van der Waals surface area contributed by atoms with E-state index in [2.05, 4.69) is 0 Å². The van der Waals surface area contributed by atoms with Gasteiger partial charge in [0.05, 0.1) is 0 Å². The van der Waals surface area contributed by atoms with Crippen molar-refractivity contribution in [3.8, 4) is 0 Å². The number of ether oxygens (including phenoxy) is 1. The minimum atomic E-state index is -2.13. The van der Waals surface area contributed by atoms with Crippen LogP contribution in [-0.4, -0.2) is 45.2 Å². The Kier molecular flexibility index (Phi) is 4.08. The fourth-order valence-corrected chi connectivity index (χ4v) is 2.28. The van der Waals surface area contributed by atoms with Gasteiger partial charge in [0.1, 0.15) is 0 Å². The first-order chi connectivity index (χ1) is 7.04. The molecule has 5 nitrogen and oxygen atoms in total. The highest BCUT2D eigenvalue weighted by atomic mass is 16.9. The Morgan fingerprint density at radius 2 is 1.73 bits per heavy atom. The predicted molar refractivity (Wildman–Crippen MR) is 52.8 cm³/mol. The maximum absolute atomic E-state index is 9.44. The summed E-state index contributed by atoms with van der Waals surface area (Å²) >= 11 is 0. The maximum Gasteiger partial charge on any atom is 0.310 e. The molecule has 0 aromatic carbocycles. The van der Waals surface area contributed by atoms with Crippen LogP contribution in [0, 0.1) is 5.92 Å². The fraction of sp³-hybridized carbons (Fsp3) is 1.00. The smallest absolute Gasteiger partial charge is 0.310 e. The van der Waals surface area contributed by atoms with Crippen LogP contribution in [0.1, 0.15) is 32.6 Å². The van der Waals surface area contributed by atoms with Crippen molar-refractivity contribution in [1.82, 2.24) is 0 Å². The number of aliphatic hydroxyl groups is 4. The maximum atomic E-state index is 9.44. The Bertz CT molecular complexity index is 200. The molecule has 1 saturated heterocycles. The zero-order chi connectivity index (χ0) is 11.5. The molecule has 0 aromatic rings. The summed E-state index contributed by atoms with van der Waals surface area (Å²) in [5.74, 6) is -2.26. The molecule has 2 unspecified atom stereocenters. The molecule has 1 fully saturated rings. The second-order valence-electron chi connectivity index (χ2n) is 4.07. The molecule has 5 heteroatoms. The first-order valence-corrected chi connectivity index (χ1v) is 5.40. The third-order valence-corrected chi connectivity index (χ3v) is 3.09. The summed E-state index contributed by atoms with van der Waals surface area (Å²) in [6.45, 7) is 1.81. The van der Waals surface area contributed by atoms with Crippen LogP contribution in [0.3, 0.4) is 0 Å². The molecule has 0 spiro atoms. The summed E-state index contributed by atoms with van der Waals surface area (Å²) in [6.07, 6.45) is 2.25. The van der Waals surface area contributed by atoms with E-state index in [1.807, 2.05) is 6.92 Å². The van der Waals surface area contributed by atoms with Crippen LogP contribution in [0.4, 0.5) is 0 Å². The van der Waals surface area contributed by atoms with Crippen molar-refractivity contribution in [2.24, 2.45) is 5.92 Å². The number of hydrogen-bond donors (Lipinski definition) is 4. The number of rotatable bonds is 7. The van der Waals surface area contributed by atoms with Gasteiger partial charge >= 0.3 is 5.97 Å². The van der Waals surface area contributed by atoms with E-state index < -0.39 is 11.6 Å². The predicted octanol–water partition coefficient (Wildman–Crippen LogP) is -0.425. The van der Waals surface area contributed by atoms with Crippen molar-refractivity contribution >= 4 is 0 Å². The number of hydrogen-bond acceptors (Lipinski definition) is 5. The van der Waals surface area contributed by atoms with E-state index in [0.717, 1.165) is 12.8 Å². The first kappa shape index (κ1) is 12.9. The average molecular weight is 220 g/mol. The monoisotopic (exact) mass is 220 g/mol. The van der Waals surface area contributed by atoms with E-state index in [1.54, 1.807) is 0 Å². The van der Waals surface area contributed by atoms with Crippen LogP contribution < -0.4 is 0 Å². The Morgan fingerprint density at radius 3 is 2.07 bits per heavy atom. The van der Waals surface area contributed by atoms with E-state index >= 15 is 0 Å². The summed E-state index contributed by atoms with van der Waals surface area (Å²) in [4.78, 5) is 0. The van der Waals surface area contributed by atoms with Crippen LogP contribution in [0.2, 0.25) is 0 Å². The lowest BCUT2D eigenvalue weighted by atomic mass is 9.82. The third-order valence-electron chi connectivity index (χ3n) is 3.09. The molecule has 0 saturated carbocycles. The van der Waals surface area contributed by atoms with E-state index in [1.165, 1.54) is 0 Å². The highest BCUT2D eigenvalue weighted by Gasteiger charge is 2.72. The molecule has 4 N–H and O–H groups in total. The van der Waals surface area contributed by atoms with E-state index in [4.69, 9.17) is 14.9 Å². The SMILES string of the molecule is CCCC(CCO)C1(CCO)OC1(O)O. The standard InChI is InChI=1S/C10H20O5/c1-2-3-8(4-6-11)9(5-7-12)10(13,14)15-9/h8,11-14H,2-7H2,1H3. The summed E-state index contributed by atoms with van der Waals surface area (Å²) in [5.41, 5.74) is -1.08. The molecule has 0 bridgehead atoms. The molecule has 2 atom stereocenters. The molecule has 15 heavy (non-hydrogen) atoms. The zero-order valence-corrected chi connectivity index (χ0v) is 9.02. The van der Waals surface area contributed by atoms with Crippen LogP contribution in [0.15, 0.2) is 0 Å². The van der Waals surface area contributed by atoms with Gasteiger partial charge in [-0.05, 0) is 18.8 Å². The van der Waals surface area contributed by atoms with Gasteiger partial charge in [-0.1, -0.05) is 13.3 Å². The van der Waals surface area contributed by atoms with Crippen molar-refractivity contribution in [1.29, 1.82) is 0 Å². The van der Waals surface area contributed by atoms with Gasteiger partial charge in [0.25, 0.3) is 0 Å². The molecule has 90 valence electrons. The highest BCUT2D eigenvalue weighted by Crippen LogP contribution is 2.54. The minimum absolute atomic E-state index is 0.0166. The fourth-order valence-electron chi connectivity index (χ4n) is 2.28. The van der Waals surface area contributed by atoms with Gasteiger partial charge in [-0.2, -0.15) is 0 Å². The second-order valence-corrected chi connectivity index (χ2v) is 4.07. The summed E-state index contributed by atoms with van der Waals surface area (Å²) in [6, 6.07) is 0. The topological polar surface area (TPSA) is 93.5 Å². The summed E-state index contributed by atoms with van der Waals surface area (Å²) < 4.78 is 4.94. The lowest BCUT2D eigenvalue weighted by Crippen LogP contribution is -2.35. The molecule has 0 aromatic heterocycles. The van der Waals surface area contributed by atoms with E-state index in [9.17, 15) is 10.2 Å². The van der Waals surface area contributed by atoms with Gasteiger partial charge in [0.15, 0.2) is 5.60 Å². The molecule has 1 aliphatic heterocycles. The Balaban J connectivity index is 2.69. The minimum Gasteiger partial charge on any atom is -0.396 e. The van der Waals surface area contributed by atoms with Crippen LogP contribution in [0.5, 0.6) is 0 Å². The van der Waals surface area contributed by atoms with Gasteiger partial charge in [0, 0.05) is 19.6 Å². The second kappa shape index (κ2) is 4.76. The normalized spacial score (nSPS) is 30.2. The Hall–Kier alpha value is -0.200. The van der Waals surface area contributed by atoms with Crippen molar-refractivity contribution in [2.75, 3.05) is 13.2 Å². The lowest BCUT2D eigenvalue weighted by molar-refractivity contribution is -0.154. The lowest BCUT2D eigenvalue weighted by Gasteiger charge is -2.22. The first-order valence-electron chi connectivity index (χ1n) is 5.40. The number of epoxide rings is 1. The molecule has 0 amide bonds. The van der Waals surface area contributed by atoms with Crippen LogP contribution in [0.25, 0.3) is 0 Å². The Morgan fingerprint density at radius 1 is 1.13 bits per heavy atom. The van der Waals surface area contributed by atoms with Gasteiger partial charge in [0.2, 0.25) is 0 Å². The molecule has 1 aliphatic rings. The van der Waals surface area contributed by atoms with Gasteiger partial charge in [-0.3, -0.25) is 0 Å². The zero-order valence-electron chi connectivity index (χ0n) is 9.02. The van der Waals surface area contributed by atoms with E-state index in [0.29, 0.717) is 6.42 Å². The quantitative estimate of drug-likeness (QED) is 0.345. The van der Waals surface area contributed by atoms with Crippen molar-refractivity contribution in [3.63, 3.8) is 0 Å². The molecule has 0 radical (unpaired) electrons. The van der Waals surface area contributed by atoms with Crippen LogP contribution >= 0.6 is 0 Å². The van der Waals surface area contributed by atoms with E-state index in [-0.39, 0.29) is 25.6 Å². The summed E-state index contributed by atoms with van der Waals surface area (Å²) in [5, 5.41) is 36.7.